The van der Waals surface area contributed by atoms with Gasteiger partial charge in [-0.1, -0.05) is 35.0 Å². The normalized spacial score (nSPS) is 14.1. The Morgan fingerprint density at radius 3 is 2.74 bits per heavy atom. The van der Waals surface area contributed by atoms with E-state index in [2.05, 4.69) is 15.9 Å². The van der Waals surface area contributed by atoms with E-state index in [4.69, 9.17) is 0 Å². The summed E-state index contributed by atoms with van der Waals surface area (Å²) in [6.07, 6.45) is 0.407. The predicted molar refractivity (Wildman–Crippen MR) is 78.7 cm³/mol. The van der Waals surface area contributed by atoms with Gasteiger partial charge in [0.25, 0.3) is 0 Å². The van der Waals surface area contributed by atoms with E-state index in [0.29, 0.717) is 16.9 Å². The third-order valence-corrected chi connectivity index (χ3v) is 4.64. The number of carboxylic acids is 1. The van der Waals surface area contributed by atoms with Crippen molar-refractivity contribution in [3.8, 4) is 0 Å². The first kappa shape index (κ1) is 14.2. The SMILES string of the molecule is CCC(O)(c1cccc(Br)c1)c1sccc1C(=O)O. The van der Waals surface area contributed by atoms with E-state index in [1.165, 1.54) is 17.4 Å². The van der Waals surface area contributed by atoms with Gasteiger partial charge < -0.3 is 10.2 Å². The summed E-state index contributed by atoms with van der Waals surface area (Å²) in [5, 5.41) is 21.8. The average molecular weight is 341 g/mol. The Labute approximate surface area is 123 Å². The van der Waals surface area contributed by atoms with Crippen molar-refractivity contribution in [2.24, 2.45) is 0 Å². The van der Waals surface area contributed by atoms with Crippen molar-refractivity contribution in [2.75, 3.05) is 0 Å². The number of thiophene rings is 1. The molecule has 1 aromatic heterocycles. The molecule has 0 aliphatic rings. The zero-order valence-corrected chi connectivity index (χ0v) is 12.7. The molecule has 2 rings (SSSR count). The molecule has 0 spiro atoms. The van der Waals surface area contributed by atoms with Crippen molar-refractivity contribution >= 4 is 33.2 Å². The van der Waals surface area contributed by atoms with Gasteiger partial charge in [-0.15, -0.1) is 11.3 Å². The largest absolute Gasteiger partial charge is 0.478 e. The van der Waals surface area contributed by atoms with Crippen LogP contribution in [0.1, 0.15) is 34.1 Å². The summed E-state index contributed by atoms with van der Waals surface area (Å²) >= 11 is 4.63. The Balaban J connectivity index is 2.60. The van der Waals surface area contributed by atoms with Crippen molar-refractivity contribution in [1.82, 2.24) is 0 Å². The average Bonchev–Trinajstić information content (AvgIpc) is 2.87. The summed E-state index contributed by atoms with van der Waals surface area (Å²) in [6.45, 7) is 1.84. The second-order valence-corrected chi connectivity index (χ2v) is 6.02. The molecule has 1 aromatic carbocycles. The Bertz CT molecular complexity index is 608. The summed E-state index contributed by atoms with van der Waals surface area (Å²) in [5.74, 6) is -1.02. The second-order valence-electron chi connectivity index (χ2n) is 4.19. The minimum Gasteiger partial charge on any atom is -0.478 e. The van der Waals surface area contributed by atoms with Crippen LogP contribution >= 0.6 is 27.3 Å². The molecule has 1 atom stereocenters. The molecule has 2 aromatic rings. The standard InChI is InChI=1S/C14H13BrO3S/c1-2-14(18,9-4-3-5-10(15)8-9)12-11(13(16)17)6-7-19-12/h3-8,18H,2H2,1H3,(H,16,17). The van der Waals surface area contributed by atoms with Crippen molar-refractivity contribution in [2.45, 2.75) is 18.9 Å². The van der Waals surface area contributed by atoms with Gasteiger partial charge in [0, 0.05) is 4.47 Å². The van der Waals surface area contributed by atoms with E-state index in [1.54, 1.807) is 11.4 Å². The Kier molecular flexibility index (Phi) is 4.08. The number of carboxylic acid groups (broad SMARTS) is 1. The topological polar surface area (TPSA) is 57.5 Å². The lowest BCUT2D eigenvalue weighted by molar-refractivity contribution is 0.0642. The molecule has 0 saturated heterocycles. The Hall–Kier alpha value is -1.17. The van der Waals surface area contributed by atoms with Gasteiger partial charge in [-0.3, -0.25) is 0 Å². The van der Waals surface area contributed by atoms with Crippen molar-refractivity contribution in [3.05, 3.63) is 56.2 Å². The van der Waals surface area contributed by atoms with Crippen LogP contribution in [0, 0.1) is 0 Å². The fourth-order valence-corrected chi connectivity index (χ4v) is 3.52. The van der Waals surface area contributed by atoms with Crippen LogP contribution in [-0.2, 0) is 5.60 Å². The minimum absolute atomic E-state index is 0.161. The number of benzene rings is 1. The molecule has 0 aliphatic heterocycles. The molecule has 0 aliphatic carbocycles. The summed E-state index contributed by atoms with van der Waals surface area (Å²) in [4.78, 5) is 11.7. The number of hydrogen-bond donors (Lipinski definition) is 2. The molecule has 1 heterocycles. The van der Waals surface area contributed by atoms with Crippen LogP contribution in [-0.4, -0.2) is 16.2 Å². The Morgan fingerprint density at radius 1 is 1.42 bits per heavy atom. The molecule has 0 fully saturated rings. The fourth-order valence-electron chi connectivity index (χ4n) is 2.04. The molecule has 2 N–H and O–H groups in total. The molecular weight excluding hydrogens is 328 g/mol. The van der Waals surface area contributed by atoms with Gasteiger partial charge in [-0.2, -0.15) is 0 Å². The first-order valence-corrected chi connectivity index (χ1v) is 7.46. The zero-order chi connectivity index (χ0) is 14.0. The minimum atomic E-state index is -1.27. The number of aliphatic hydroxyl groups is 1. The van der Waals surface area contributed by atoms with Gasteiger partial charge in [0.1, 0.15) is 5.60 Å². The molecule has 3 nitrogen and oxygen atoms in total. The molecule has 0 radical (unpaired) electrons. The number of rotatable bonds is 4. The number of carbonyl (C=O) groups is 1. The Morgan fingerprint density at radius 2 is 2.16 bits per heavy atom. The van der Waals surface area contributed by atoms with Crippen molar-refractivity contribution < 1.29 is 15.0 Å². The highest BCUT2D eigenvalue weighted by molar-refractivity contribution is 9.10. The lowest BCUT2D eigenvalue weighted by atomic mass is 9.88. The van der Waals surface area contributed by atoms with Crippen LogP contribution in [0.15, 0.2) is 40.2 Å². The summed E-state index contributed by atoms with van der Waals surface area (Å²) in [7, 11) is 0. The van der Waals surface area contributed by atoms with Gasteiger partial charge in [-0.05, 0) is 35.6 Å². The van der Waals surface area contributed by atoms with Gasteiger partial charge in [-0.25, -0.2) is 4.79 Å². The number of hydrogen-bond acceptors (Lipinski definition) is 3. The van der Waals surface area contributed by atoms with Gasteiger partial charge >= 0.3 is 5.97 Å². The van der Waals surface area contributed by atoms with Crippen LogP contribution in [0.25, 0.3) is 0 Å². The molecule has 0 saturated carbocycles. The van der Waals surface area contributed by atoms with E-state index in [-0.39, 0.29) is 5.56 Å². The van der Waals surface area contributed by atoms with Gasteiger partial charge in [0.2, 0.25) is 0 Å². The second kappa shape index (κ2) is 5.45. The predicted octanol–water partition coefficient (Wildman–Crippen LogP) is 3.85. The maximum atomic E-state index is 11.2. The highest BCUT2D eigenvalue weighted by Gasteiger charge is 2.34. The molecule has 0 amide bonds. The summed E-state index contributed by atoms with van der Waals surface area (Å²) in [5.41, 5.74) is -0.422. The highest BCUT2D eigenvalue weighted by atomic mass is 79.9. The molecule has 0 bridgehead atoms. The maximum Gasteiger partial charge on any atom is 0.336 e. The first-order valence-electron chi connectivity index (χ1n) is 5.78. The fraction of sp³-hybridized carbons (Fsp3) is 0.214. The van der Waals surface area contributed by atoms with Crippen LogP contribution in [0.4, 0.5) is 0 Å². The summed E-state index contributed by atoms with van der Waals surface area (Å²) < 4.78 is 0.852. The molecule has 100 valence electrons. The maximum absolute atomic E-state index is 11.2. The summed E-state index contributed by atoms with van der Waals surface area (Å²) in [6, 6.07) is 8.84. The smallest absolute Gasteiger partial charge is 0.336 e. The van der Waals surface area contributed by atoms with E-state index >= 15 is 0 Å². The van der Waals surface area contributed by atoms with Crippen molar-refractivity contribution in [3.63, 3.8) is 0 Å². The van der Waals surface area contributed by atoms with Gasteiger partial charge in [0.05, 0.1) is 10.4 Å². The zero-order valence-electron chi connectivity index (χ0n) is 10.3. The monoisotopic (exact) mass is 340 g/mol. The molecular formula is C14H13BrO3S. The van der Waals surface area contributed by atoms with Crippen LogP contribution in [0.5, 0.6) is 0 Å². The quantitative estimate of drug-likeness (QED) is 0.888. The van der Waals surface area contributed by atoms with Crippen molar-refractivity contribution in [1.29, 1.82) is 0 Å². The first-order chi connectivity index (χ1) is 8.99. The lowest BCUT2D eigenvalue weighted by Gasteiger charge is -2.27. The lowest BCUT2D eigenvalue weighted by Crippen LogP contribution is -2.27. The van der Waals surface area contributed by atoms with Gasteiger partial charge in [0.15, 0.2) is 0 Å². The molecule has 1 unspecified atom stereocenters. The molecule has 19 heavy (non-hydrogen) atoms. The van der Waals surface area contributed by atoms with E-state index in [0.717, 1.165) is 4.47 Å². The van der Waals surface area contributed by atoms with Crippen LogP contribution in [0.3, 0.4) is 0 Å². The number of halogens is 1. The van der Waals surface area contributed by atoms with E-state index in [9.17, 15) is 15.0 Å². The van der Waals surface area contributed by atoms with Crippen LogP contribution < -0.4 is 0 Å². The third-order valence-electron chi connectivity index (χ3n) is 3.09. The number of aromatic carboxylic acids is 1. The van der Waals surface area contributed by atoms with Crippen LogP contribution in [0.2, 0.25) is 0 Å². The third kappa shape index (κ3) is 2.59. The van der Waals surface area contributed by atoms with E-state index in [1.807, 2.05) is 25.1 Å². The molecule has 5 heteroatoms. The van der Waals surface area contributed by atoms with E-state index < -0.39 is 11.6 Å². The highest BCUT2D eigenvalue weighted by Crippen LogP contribution is 2.39.